The molecule has 0 amide bonds. The van der Waals surface area contributed by atoms with Crippen LogP contribution in [0.5, 0.6) is 5.75 Å². The largest absolute Gasteiger partial charge is 0.495 e. The lowest BCUT2D eigenvalue weighted by Crippen LogP contribution is -2.27. The van der Waals surface area contributed by atoms with Crippen molar-refractivity contribution in [1.29, 1.82) is 0 Å². The van der Waals surface area contributed by atoms with Crippen molar-refractivity contribution >= 4 is 23.0 Å². The maximum atomic E-state index is 11.5. The number of methoxy groups -OCH3 is 1. The lowest BCUT2D eigenvalue weighted by Gasteiger charge is -2.21. The molecule has 2 rings (SSSR count). The molecule has 0 aliphatic carbocycles. The fourth-order valence-corrected chi connectivity index (χ4v) is 1.97. The number of anilines is 3. The second-order valence-electron chi connectivity index (χ2n) is 5.88. The highest BCUT2D eigenvalue weighted by molar-refractivity contribution is 5.76. The molecule has 122 valence electrons. The molecular weight excluding hydrogens is 298 g/mol. The molecule has 1 aromatic heterocycles. The summed E-state index contributed by atoms with van der Waals surface area (Å²) >= 11 is 0. The Hall–Kier alpha value is -2.90. The topological polar surface area (TPSA) is 102 Å². The monoisotopic (exact) mass is 317 g/mol. The van der Waals surface area contributed by atoms with Crippen LogP contribution in [0.25, 0.3) is 0 Å². The predicted molar refractivity (Wildman–Crippen MR) is 88.3 cm³/mol. The summed E-state index contributed by atoms with van der Waals surface area (Å²) in [7, 11) is 1.53. The lowest BCUT2D eigenvalue weighted by atomic mass is 10.1. The summed E-state index contributed by atoms with van der Waals surface area (Å²) in [5.41, 5.74) is -0.00674. The number of rotatable bonds is 5. The number of hydrogen-bond donors (Lipinski definition) is 2. The van der Waals surface area contributed by atoms with Gasteiger partial charge in [-0.25, -0.2) is 9.97 Å². The minimum atomic E-state index is -0.508. The summed E-state index contributed by atoms with van der Waals surface area (Å²) in [6, 6.07) is 7.11. The van der Waals surface area contributed by atoms with E-state index in [0.717, 1.165) is 0 Å². The minimum absolute atomic E-state index is 0.0984. The average Bonchev–Trinajstić information content (AvgIpc) is 2.46. The molecule has 1 heterocycles. The number of nitrogens with zero attached hydrogens (tertiary/aromatic N) is 3. The Morgan fingerprint density at radius 2 is 1.83 bits per heavy atom. The highest BCUT2D eigenvalue weighted by atomic mass is 16.6. The van der Waals surface area contributed by atoms with Gasteiger partial charge in [0.15, 0.2) is 0 Å². The third kappa shape index (κ3) is 4.06. The lowest BCUT2D eigenvalue weighted by molar-refractivity contribution is -0.383. The van der Waals surface area contributed by atoms with Gasteiger partial charge >= 0.3 is 5.69 Å². The standard InChI is InChI=1S/C15H19N5O3/c1-15(2,3)19-14-12(20(21)22)13(16-9-17-14)18-10-7-5-6-8-11(10)23-4/h5-9H,1-4H3,(H2,16,17,18,19). The summed E-state index contributed by atoms with van der Waals surface area (Å²) in [6.45, 7) is 5.69. The molecule has 2 aromatic rings. The van der Waals surface area contributed by atoms with Gasteiger partial charge in [-0.2, -0.15) is 0 Å². The maximum Gasteiger partial charge on any atom is 0.353 e. The molecule has 0 saturated heterocycles. The van der Waals surface area contributed by atoms with E-state index in [2.05, 4.69) is 20.6 Å². The van der Waals surface area contributed by atoms with Crippen LogP contribution in [0.2, 0.25) is 0 Å². The van der Waals surface area contributed by atoms with Gasteiger partial charge in [0, 0.05) is 5.54 Å². The molecule has 0 unspecified atom stereocenters. The SMILES string of the molecule is COc1ccccc1Nc1ncnc(NC(C)(C)C)c1[N+](=O)[O-]. The molecule has 0 aliphatic rings. The molecule has 0 saturated carbocycles. The zero-order valence-electron chi connectivity index (χ0n) is 13.5. The minimum Gasteiger partial charge on any atom is -0.495 e. The molecule has 8 heteroatoms. The predicted octanol–water partition coefficient (Wildman–Crippen LogP) is 3.35. The van der Waals surface area contributed by atoms with E-state index in [0.29, 0.717) is 11.4 Å². The van der Waals surface area contributed by atoms with Crippen molar-refractivity contribution in [3.63, 3.8) is 0 Å². The number of para-hydroxylation sites is 2. The van der Waals surface area contributed by atoms with E-state index in [1.54, 1.807) is 18.2 Å². The number of ether oxygens (including phenoxy) is 1. The van der Waals surface area contributed by atoms with Crippen LogP contribution < -0.4 is 15.4 Å². The van der Waals surface area contributed by atoms with E-state index in [4.69, 9.17) is 4.74 Å². The van der Waals surface area contributed by atoms with Crippen LogP contribution in [-0.2, 0) is 0 Å². The van der Waals surface area contributed by atoms with Crippen molar-refractivity contribution < 1.29 is 9.66 Å². The number of benzene rings is 1. The smallest absolute Gasteiger partial charge is 0.353 e. The van der Waals surface area contributed by atoms with E-state index in [1.807, 2.05) is 26.8 Å². The van der Waals surface area contributed by atoms with Crippen molar-refractivity contribution in [3.05, 3.63) is 40.7 Å². The van der Waals surface area contributed by atoms with E-state index >= 15 is 0 Å². The first-order valence-corrected chi connectivity index (χ1v) is 6.99. The Morgan fingerprint density at radius 3 is 2.43 bits per heavy atom. The molecule has 0 bridgehead atoms. The fraction of sp³-hybridized carbons (Fsp3) is 0.333. The van der Waals surface area contributed by atoms with Gasteiger partial charge in [0.1, 0.15) is 12.1 Å². The first kappa shape index (κ1) is 16.5. The van der Waals surface area contributed by atoms with Crippen molar-refractivity contribution in [2.75, 3.05) is 17.7 Å². The van der Waals surface area contributed by atoms with Gasteiger partial charge in [0.25, 0.3) is 0 Å². The van der Waals surface area contributed by atoms with E-state index in [1.165, 1.54) is 13.4 Å². The van der Waals surface area contributed by atoms with Gasteiger partial charge in [0.05, 0.1) is 17.7 Å². The van der Waals surface area contributed by atoms with Crippen molar-refractivity contribution in [1.82, 2.24) is 9.97 Å². The molecular formula is C15H19N5O3. The highest BCUT2D eigenvalue weighted by Crippen LogP contribution is 2.34. The number of nitrogens with one attached hydrogen (secondary N) is 2. The van der Waals surface area contributed by atoms with Gasteiger partial charge in [-0.1, -0.05) is 12.1 Å². The summed E-state index contributed by atoms with van der Waals surface area (Å²) in [6.07, 6.45) is 1.28. The van der Waals surface area contributed by atoms with Gasteiger partial charge in [-0.05, 0) is 32.9 Å². The third-order valence-electron chi connectivity index (χ3n) is 2.86. The third-order valence-corrected chi connectivity index (χ3v) is 2.86. The van der Waals surface area contributed by atoms with Crippen LogP contribution in [0.4, 0.5) is 23.0 Å². The maximum absolute atomic E-state index is 11.5. The van der Waals surface area contributed by atoms with Gasteiger partial charge in [-0.15, -0.1) is 0 Å². The van der Waals surface area contributed by atoms with Gasteiger partial charge in [0.2, 0.25) is 11.6 Å². The Labute approximate surface area is 134 Å². The Morgan fingerprint density at radius 1 is 1.17 bits per heavy atom. The number of hydrogen-bond acceptors (Lipinski definition) is 7. The molecule has 0 radical (unpaired) electrons. The summed E-state index contributed by atoms with van der Waals surface area (Å²) in [5, 5.41) is 17.5. The van der Waals surface area contributed by atoms with Gasteiger partial charge in [-0.3, -0.25) is 10.1 Å². The molecule has 2 N–H and O–H groups in total. The van der Waals surface area contributed by atoms with Crippen LogP contribution in [0.3, 0.4) is 0 Å². The second kappa shape index (κ2) is 6.47. The van der Waals surface area contributed by atoms with E-state index < -0.39 is 4.92 Å². The normalized spacial score (nSPS) is 11.0. The fourth-order valence-electron chi connectivity index (χ4n) is 1.97. The molecule has 0 spiro atoms. The first-order chi connectivity index (χ1) is 10.8. The zero-order chi connectivity index (χ0) is 17.0. The molecule has 8 nitrogen and oxygen atoms in total. The Kier molecular flexibility index (Phi) is 4.63. The highest BCUT2D eigenvalue weighted by Gasteiger charge is 2.26. The Bertz CT molecular complexity index is 712. The van der Waals surface area contributed by atoms with Crippen LogP contribution >= 0.6 is 0 Å². The van der Waals surface area contributed by atoms with Crippen LogP contribution in [-0.4, -0.2) is 27.5 Å². The summed E-state index contributed by atoms with van der Waals surface area (Å²) in [4.78, 5) is 19.0. The van der Waals surface area contributed by atoms with Crippen molar-refractivity contribution in [3.8, 4) is 5.75 Å². The van der Waals surface area contributed by atoms with Crippen LogP contribution in [0.1, 0.15) is 20.8 Å². The second-order valence-corrected chi connectivity index (χ2v) is 5.88. The van der Waals surface area contributed by atoms with E-state index in [9.17, 15) is 10.1 Å². The van der Waals surface area contributed by atoms with Crippen molar-refractivity contribution in [2.45, 2.75) is 26.3 Å². The van der Waals surface area contributed by atoms with Gasteiger partial charge < -0.3 is 15.4 Å². The molecule has 0 aliphatic heterocycles. The first-order valence-electron chi connectivity index (χ1n) is 6.99. The zero-order valence-corrected chi connectivity index (χ0v) is 13.5. The van der Waals surface area contributed by atoms with E-state index in [-0.39, 0.29) is 22.9 Å². The summed E-state index contributed by atoms with van der Waals surface area (Å²) in [5.74, 6) is 0.821. The number of aromatic nitrogens is 2. The van der Waals surface area contributed by atoms with Crippen LogP contribution in [0, 0.1) is 10.1 Å². The molecule has 23 heavy (non-hydrogen) atoms. The van der Waals surface area contributed by atoms with Crippen molar-refractivity contribution in [2.24, 2.45) is 0 Å². The summed E-state index contributed by atoms with van der Waals surface area (Å²) < 4.78 is 5.24. The number of nitro groups is 1. The average molecular weight is 317 g/mol. The molecule has 0 atom stereocenters. The molecule has 0 fully saturated rings. The Balaban J connectivity index is 2.46. The quantitative estimate of drug-likeness (QED) is 0.644. The van der Waals surface area contributed by atoms with Crippen LogP contribution in [0.15, 0.2) is 30.6 Å². The molecule has 1 aromatic carbocycles.